The molecule has 1 aromatic rings. The summed E-state index contributed by atoms with van der Waals surface area (Å²) >= 11 is 8.89. The van der Waals surface area contributed by atoms with Gasteiger partial charge in [-0.05, 0) is 12.5 Å². The molecule has 0 N–H and O–H groups in total. The number of hydrogen-bond acceptors (Lipinski definition) is 1. The molecule has 0 aliphatic carbocycles. The molecule has 0 atom stereocenters. The normalized spacial score (nSPS) is 10.9. The predicted molar refractivity (Wildman–Crippen MR) is 51.6 cm³/mol. The molecule has 1 aromatic heterocycles. The first kappa shape index (κ1) is 10.9. The molecule has 0 radical (unpaired) electrons. The Kier molecular flexibility index (Phi) is 3.62. The second-order valence-corrected chi connectivity index (χ2v) is 3.46. The molecule has 0 bridgehead atoms. The van der Waals surface area contributed by atoms with Crippen molar-refractivity contribution in [3.05, 3.63) is 28.0 Å². The standard InChI is InChI=1S/C8H7BrClF2N/c1-4-5(2-9)7(10)13-3-6(4)8(11)12/h3,8H,2H2,1H3. The third kappa shape index (κ3) is 2.17. The van der Waals surface area contributed by atoms with Crippen molar-refractivity contribution in [1.29, 1.82) is 0 Å². The van der Waals surface area contributed by atoms with E-state index in [1.807, 2.05) is 0 Å². The lowest BCUT2D eigenvalue weighted by Crippen LogP contribution is -1.97. The zero-order valence-corrected chi connectivity index (χ0v) is 9.16. The maximum Gasteiger partial charge on any atom is 0.265 e. The molecular formula is C8H7BrClF2N. The Morgan fingerprint density at radius 3 is 2.69 bits per heavy atom. The van der Waals surface area contributed by atoms with Gasteiger partial charge in [-0.25, -0.2) is 13.8 Å². The van der Waals surface area contributed by atoms with Crippen LogP contribution in [0.4, 0.5) is 8.78 Å². The van der Waals surface area contributed by atoms with Crippen LogP contribution in [0.5, 0.6) is 0 Å². The summed E-state index contributed by atoms with van der Waals surface area (Å²) in [7, 11) is 0. The summed E-state index contributed by atoms with van der Waals surface area (Å²) in [5, 5.41) is 0.712. The van der Waals surface area contributed by atoms with Crippen LogP contribution < -0.4 is 0 Å². The fraction of sp³-hybridized carbons (Fsp3) is 0.375. The average molecular weight is 271 g/mol. The van der Waals surface area contributed by atoms with Gasteiger partial charge < -0.3 is 0 Å². The van der Waals surface area contributed by atoms with E-state index >= 15 is 0 Å². The molecule has 0 spiro atoms. The van der Waals surface area contributed by atoms with Gasteiger partial charge in [0.25, 0.3) is 6.43 Å². The van der Waals surface area contributed by atoms with Crippen LogP contribution in [-0.4, -0.2) is 4.98 Å². The van der Waals surface area contributed by atoms with Crippen molar-refractivity contribution in [2.75, 3.05) is 0 Å². The summed E-state index contributed by atoms with van der Waals surface area (Å²) in [5.74, 6) is 0. The highest BCUT2D eigenvalue weighted by Crippen LogP contribution is 2.28. The second kappa shape index (κ2) is 4.33. The predicted octanol–water partition coefficient (Wildman–Crippen LogP) is 3.88. The Morgan fingerprint density at radius 2 is 2.23 bits per heavy atom. The molecule has 5 heteroatoms. The van der Waals surface area contributed by atoms with Gasteiger partial charge in [0.2, 0.25) is 0 Å². The third-order valence-electron chi connectivity index (χ3n) is 1.82. The zero-order chi connectivity index (χ0) is 10.0. The SMILES string of the molecule is Cc1c(C(F)F)cnc(Cl)c1CBr. The van der Waals surface area contributed by atoms with Gasteiger partial charge in [-0.15, -0.1) is 0 Å². The molecule has 13 heavy (non-hydrogen) atoms. The van der Waals surface area contributed by atoms with Gasteiger partial charge in [0.1, 0.15) is 5.15 Å². The molecule has 1 heterocycles. The maximum absolute atomic E-state index is 12.4. The number of rotatable bonds is 2. The van der Waals surface area contributed by atoms with E-state index in [4.69, 9.17) is 11.6 Å². The lowest BCUT2D eigenvalue weighted by atomic mass is 10.1. The topological polar surface area (TPSA) is 12.9 Å². The first-order valence-corrected chi connectivity index (χ1v) is 5.05. The number of nitrogens with zero attached hydrogens (tertiary/aromatic N) is 1. The Morgan fingerprint density at radius 1 is 1.62 bits per heavy atom. The van der Waals surface area contributed by atoms with Gasteiger partial charge in [0.05, 0.1) is 0 Å². The number of halogens is 4. The number of hydrogen-bond donors (Lipinski definition) is 0. The molecule has 0 saturated carbocycles. The molecule has 0 aliphatic heterocycles. The van der Waals surface area contributed by atoms with E-state index in [1.54, 1.807) is 6.92 Å². The highest BCUT2D eigenvalue weighted by Gasteiger charge is 2.15. The van der Waals surface area contributed by atoms with Gasteiger partial charge >= 0.3 is 0 Å². The molecular weight excluding hydrogens is 263 g/mol. The van der Waals surface area contributed by atoms with Crippen molar-refractivity contribution < 1.29 is 8.78 Å². The smallest absolute Gasteiger partial charge is 0.244 e. The molecule has 1 rings (SSSR count). The fourth-order valence-electron chi connectivity index (χ4n) is 1.01. The van der Waals surface area contributed by atoms with E-state index in [0.29, 0.717) is 16.5 Å². The molecule has 0 aliphatic rings. The van der Waals surface area contributed by atoms with Gasteiger partial charge in [0, 0.05) is 22.7 Å². The second-order valence-electron chi connectivity index (χ2n) is 2.54. The van der Waals surface area contributed by atoms with Gasteiger partial charge in [-0.1, -0.05) is 27.5 Å². The molecule has 1 nitrogen and oxygen atoms in total. The molecule has 0 saturated heterocycles. The summed E-state index contributed by atoms with van der Waals surface area (Å²) in [5.41, 5.74) is 1.07. The highest BCUT2D eigenvalue weighted by molar-refractivity contribution is 9.08. The monoisotopic (exact) mass is 269 g/mol. The van der Waals surface area contributed by atoms with Crippen LogP contribution >= 0.6 is 27.5 Å². The summed E-state index contributed by atoms with van der Waals surface area (Å²) < 4.78 is 24.8. The lowest BCUT2D eigenvalue weighted by Gasteiger charge is -2.09. The summed E-state index contributed by atoms with van der Waals surface area (Å²) in [6.45, 7) is 1.62. The van der Waals surface area contributed by atoms with Gasteiger partial charge in [-0.2, -0.15) is 0 Å². The van der Waals surface area contributed by atoms with E-state index in [0.717, 1.165) is 6.20 Å². The summed E-state index contributed by atoms with van der Waals surface area (Å²) in [6.07, 6.45) is -1.38. The largest absolute Gasteiger partial charge is 0.265 e. The van der Waals surface area contributed by atoms with E-state index in [2.05, 4.69) is 20.9 Å². The maximum atomic E-state index is 12.4. The molecule has 72 valence electrons. The van der Waals surface area contributed by atoms with E-state index in [-0.39, 0.29) is 10.7 Å². The Labute approximate surface area is 88.2 Å². The number of alkyl halides is 3. The Hall–Kier alpha value is -0.220. The number of pyridine rings is 1. The molecule has 0 unspecified atom stereocenters. The highest BCUT2D eigenvalue weighted by atomic mass is 79.9. The van der Waals surface area contributed by atoms with Crippen molar-refractivity contribution >= 4 is 27.5 Å². The van der Waals surface area contributed by atoms with Gasteiger partial charge in [-0.3, -0.25) is 0 Å². The van der Waals surface area contributed by atoms with E-state index in [9.17, 15) is 8.78 Å². The van der Waals surface area contributed by atoms with Crippen LogP contribution in [0.1, 0.15) is 23.1 Å². The lowest BCUT2D eigenvalue weighted by molar-refractivity contribution is 0.150. The first-order valence-electron chi connectivity index (χ1n) is 3.56. The minimum absolute atomic E-state index is 0.0566. The van der Waals surface area contributed by atoms with Crippen LogP contribution in [0.15, 0.2) is 6.20 Å². The van der Waals surface area contributed by atoms with Crippen molar-refractivity contribution in [2.24, 2.45) is 0 Å². The van der Waals surface area contributed by atoms with E-state index in [1.165, 1.54) is 0 Å². The van der Waals surface area contributed by atoms with E-state index < -0.39 is 6.43 Å². The van der Waals surface area contributed by atoms with Crippen molar-refractivity contribution in [2.45, 2.75) is 18.7 Å². The van der Waals surface area contributed by atoms with Gasteiger partial charge in [0.15, 0.2) is 0 Å². The van der Waals surface area contributed by atoms with Crippen molar-refractivity contribution in [3.8, 4) is 0 Å². The van der Waals surface area contributed by atoms with Crippen molar-refractivity contribution in [1.82, 2.24) is 4.98 Å². The fourth-order valence-corrected chi connectivity index (χ4v) is 2.11. The zero-order valence-electron chi connectivity index (χ0n) is 6.82. The Balaban J connectivity index is 3.27. The number of aromatic nitrogens is 1. The minimum atomic E-state index is -2.50. The summed E-state index contributed by atoms with van der Waals surface area (Å²) in [6, 6.07) is 0. The molecule has 0 fully saturated rings. The van der Waals surface area contributed by atoms with Crippen LogP contribution in [0.2, 0.25) is 5.15 Å². The Bertz CT molecular complexity index is 317. The van der Waals surface area contributed by atoms with Crippen LogP contribution in [0, 0.1) is 6.92 Å². The molecule has 0 amide bonds. The van der Waals surface area contributed by atoms with Crippen LogP contribution in [-0.2, 0) is 5.33 Å². The van der Waals surface area contributed by atoms with Crippen LogP contribution in [0.25, 0.3) is 0 Å². The average Bonchev–Trinajstić information content (AvgIpc) is 2.04. The summed E-state index contributed by atoms with van der Waals surface area (Å²) in [4.78, 5) is 3.69. The third-order valence-corrected chi connectivity index (χ3v) is 2.71. The first-order chi connectivity index (χ1) is 6.07. The minimum Gasteiger partial charge on any atom is -0.244 e. The van der Waals surface area contributed by atoms with Crippen LogP contribution in [0.3, 0.4) is 0 Å². The van der Waals surface area contributed by atoms with Crippen molar-refractivity contribution in [3.63, 3.8) is 0 Å². The molecule has 0 aromatic carbocycles. The quantitative estimate of drug-likeness (QED) is 0.587.